The van der Waals surface area contributed by atoms with Gasteiger partial charge in [-0.2, -0.15) is 12.7 Å². The number of benzene rings is 1. The van der Waals surface area contributed by atoms with Crippen molar-refractivity contribution in [2.24, 2.45) is 10.4 Å². The topological polar surface area (TPSA) is 85.3 Å². The summed E-state index contributed by atoms with van der Waals surface area (Å²) in [5.74, 6) is 0.436. The van der Waals surface area contributed by atoms with E-state index in [9.17, 15) is 17.1 Å². The van der Waals surface area contributed by atoms with Gasteiger partial charge >= 0.3 is 16.5 Å². The lowest BCUT2D eigenvalue weighted by Gasteiger charge is -2.23. The van der Waals surface area contributed by atoms with E-state index < -0.39 is 29.2 Å². The normalized spacial score (nSPS) is 17.6. The van der Waals surface area contributed by atoms with Crippen molar-refractivity contribution in [3.05, 3.63) is 35.9 Å². The molecule has 0 aromatic heterocycles. The number of nitrogens with zero attached hydrogens (tertiary/aromatic N) is 2. The van der Waals surface area contributed by atoms with Crippen molar-refractivity contribution >= 4 is 22.4 Å². The zero-order valence-electron chi connectivity index (χ0n) is 14.3. The number of hydrogen-bond donors (Lipinski definition) is 0. The minimum absolute atomic E-state index is 0.0295. The second-order valence-electron chi connectivity index (χ2n) is 6.65. The van der Waals surface area contributed by atoms with Gasteiger partial charge in [-0.05, 0) is 5.56 Å². The van der Waals surface area contributed by atoms with Gasteiger partial charge in [0.15, 0.2) is 5.90 Å². The number of rotatable bonds is 5. The first-order valence-corrected chi connectivity index (χ1v) is 9.06. The standard InChI is InChI=1S/C16H21FN2O5S/c1-16(2,3)14-18-9-13(24-14)10-19(25(17,21)22)15(20)23-11-12-7-5-4-6-8-12/h4-8,13H,9-11H2,1-3H3/t13-/m0/s1. The molecule has 0 radical (unpaired) electrons. The molecule has 0 unspecified atom stereocenters. The third kappa shape index (κ3) is 5.42. The van der Waals surface area contributed by atoms with Gasteiger partial charge in [0, 0.05) is 5.41 Å². The molecule has 1 aliphatic rings. The summed E-state index contributed by atoms with van der Waals surface area (Å²) in [4.78, 5) is 16.2. The van der Waals surface area contributed by atoms with Crippen molar-refractivity contribution in [1.29, 1.82) is 0 Å². The molecule has 1 aromatic carbocycles. The highest BCUT2D eigenvalue weighted by atomic mass is 32.3. The average Bonchev–Trinajstić information content (AvgIpc) is 2.99. The Kier molecular flexibility index (Phi) is 5.66. The summed E-state index contributed by atoms with van der Waals surface area (Å²) >= 11 is 0. The highest BCUT2D eigenvalue weighted by Gasteiger charge is 2.36. The van der Waals surface area contributed by atoms with Gasteiger partial charge in [-0.3, -0.25) is 4.99 Å². The molecule has 0 aliphatic carbocycles. The van der Waals surface area contributed by atoms with E-state index in [-0.39, 0.29) is 22.9 Å². The van der Waals surface area contributed by atoms with E-state index in [0.717, 1.165) is 0 Å². The number of ether oxygens (including phenoxy) is 2. The predicted molar refractivity (Wildman–Crippen MR) is 90.0 cm³/mol. The summed E-state index contributed by atoms with van der Waals surface area (Å²) in [6, 6.07) is 8.67. The van der Waals surface area contributed by atoms with Gasteiger partial charge < -0.3 is 9.47 Å². The van der Waals surface area contributed by atoms with Crippen LogP contribution >= 0.6 is 0 Å². The van der Waals surface area contributed by atoms with Crippen LogP contribution in [0.2, 0.25) is 0 Å². The molecule has 0 spiro atoms. The van der Waals surface area contributed by atoms with Crippen LogP contribution < -0.4 is 0 Å². The molecular weight excluding hydrogens is 351 g/mol. The molecule has 25 heavy (non-hydrogen) atoms. The number of halogens is 1. The summed E-state index contributed by atoms with van der Waals surface area (Å²) in [5.41, 5.74) is 0.296. The molecule has 1 heterocycles. The third-order valence-corrected chi connectivity index (χ3v) is 4.22. The summed E-state index contributed by atoms with van der Waals surface area (Å²) in [6.07, 6.45) is -2.04. The Morgan fingerprint density at radius 3 is 2.52 bits per heavy atom. The van der Waals surface area contributed by atoms with Crippen molar-refractivity contribution in [2.45, 2.75) is 33.5 Å². The largest absolute Gasteiger partial charge is 0.473 e. The number of aliphatic imine (C=N–C) groups is 1. The van der Waals surface area contributed by atoms with Crippen LogP contribution in [0.3, 0.4) is 0 Å². The first-order chi connectivity index (χ1) is 11.6. The van der Waals surface area contributed by atoms with Crippen LogP contribution in [0.1, 0.15) is 26.3 Å². The van der Waals surface area contributed by atoms with Gasteiger partial charge in [-0.25, -0.2) is 4.79 Å². The smallest absolute Gasteiger partial charge is 0.426 e. The van der Waals surface area contributed by atoms with Crippen molar-refractivity contribution < 1.29 is 26.6 Å². The number of amides is 1. The highest BCUT2D eigenvalue weighted by Crippen LogP contribution is 2.23. The van der Waals surface area contributed by atoms with Gasteiger partial charge in [0.1, 0.15) is 12.7 Å². The van der Waals surface area contributed by atoms with E-state index in [1.54, 1.807) is 30.3 Å². The Bertz CT molecular complexity index is 744. The van der Waals surface area contributed by atoms with E-state index in [4.69, 9.17) is 9.47 Å². The van der Waals surface area contributed by atoms with Gasteiger partial charge in [0.05, 0.1) is 13.1 Å². The molecule has 1 aromatic rings. The molecule has 0 fully saturated rings. The second-order valence-corrected chi connectivity index (χ2v) is 7.91. The van der Waals surface area contributed by atoms with Crippen molar-refractivity contribution in [3.63, 3.8) is 0 Å². The maximum atomic E-state index is 13.5. The Balaban J connectivity index is 1.99. The molecule has 2 rings (SSSR count). The van der Waals surface area contributed by atoms with Crippen molar-refractivity contribution in [3.8, 4) is 0 Å². The number of carbonyl (C=O) groups is 1. The molecule has 7 nitrogen and oxygen atoms in total. The van der Waals surface area contributed by atoms with E-state index in [2.05, 4.69) is 4.99 Å². The van der Waals surface area contributed by atoms with Crippen LogP contribution in [-0.4, -0.2) is 43.9 Å². The van der Waals surface area contributed by atoms with Crippen LogP contribution in [0.25, 0.3) is 0 Å². The minimum Gasteiger partial charge on any atom is -0.473 e. The lowest BCUT2D eigenvalue weighted by atomic mass is 9.97. The highest BCUT2D eigenvalue weighted by molar-refractivity contribution is 7.84. The zero-order valence-corrected chi connectivity index (χ0v) is 15.1. The van der Waals surface area contributed by atoms with Crippen LogP contribution in [-0.2, 0) is 26.5 Å². The first kappa shape index (κ1) is 19.2. The predicted octanol–water partition coefficient (Wildman–Crippen LogP) is 2.68. The summed E-state index contributed by atoms with van der Waals surface area (Å²) in [7, 11) is -5.28. The number of hydrogen-bond acceptors (Lipinski definition) is 6. The van der Waals surface area contributed by atoms with Crippen molar-refractivity contribution in [2.75, 3.05) is 13.1 Å². The van der Waals surface area contributed by atoms with E-state index in [0.29, 0.717) is 11.5 Å². The number of carbonyl (C=O) groups excluding carboxylic acids is 1. The SMILES string of the molecule is CC(C)(C)C1=NC[C@@H](CN(C(=O)OCc2ccccc2)S(=O)(=O)F)O1. The molecule has 9 heteroatoms. The lowest BCUT2D eigenvalue weighted by Crippen LogP contribution is -2.41. The van der Waals surface area contributed by atoms with Gasteiger partial charge in [0.25, 0.3) is 0 Å². The second kappa shape index (κ2) is 7.38. The average molecular weight is 372 g/mol. The molecule has 0 saturated heterocycles. The molecular formula is C16H21FN2O5S. The molecule has 138 valence electrons. The Labute approximate surface area is 146 Å². The maximum Gasteiger partial charge on any atom is 0.426 e. The minimum atomic E-state index is -5.28. The quantitative estimate of drug-likeness (QED) is 0.742. The molecule has 1 amide bonds. The zero-order chi connectivity index (χ0) is 18.7. The van der Waals surface area contributed by atoms with E-state index >= 15 is 0 Å². The summed E-state index contributed by atoms with van der Waals surface area (Å²) < 4.78 is 46.6. The Hall–Kier alpha value is -2.16. The fourth-order valence-corrected chi connectivity index (χ4v) is 2.73. The van der Waals surface area contributed by atoms with E-state index in [1.165, 1.54) is 0 Å². The lowest BCUT2D eigenvalue weighted by molar-refractivity contribution is 0.102. The third-order valence-electron chi connectivity index (χ3n) is 3.40. The molecule has 0 N–H and O–H groups in total. The fraction of sp³-hybridized carbons (Fsp3) is 0.500. The van der Waals surface area contributed by atoms with Crippen LogP contribution in [0, 0.1) is 5.41 Å². The van der Waals surface area contributed by atoms with E-state index in [1.807, 2.05) is 20.8 Å². The van der Waals surface area contributed by atoms with Crippen LogP contribution in [0.5, 0.6) is 0 Å². The molecule has 1 atom stereocenters. The monoisotopic (exact) mass is 372 g/mol. The van der Waals surface area contributed by atoms with Crippen molar-refractivity contribution in [1.82, 2.24) is 4.31 Å². The maximum absolute atomic E-state index is 13.5. The molecule has 1 aliphatic heterocycles. The van der Waals surface area contributed by atoms with Gasteiger partial charge in [-0.15, -0.1) is 0 Å². The van der Waals surface area contributed by atoms with Gasteiger partial charge in [-0.1, -0.05) is 55.0 Å². The molecule has 0 saturated carbocycles. The Morgan fingerprint density at radius 1 is 1.36 bits per heavy atom. The van der Waals surface area contributed by atoms with Gasteiger partial charge in [0.2, 0.25) is 0 Å². The fourth-order valence-electron chi connectivity index (χ4n) is 2.15. The summed E-state index contributed by atoms with van der Waals surface area (Å²) in [6.45, 7) is 5.12. The van der Waals surface area contributed by atoms with Crippen LogP contribution in [0.4, 0.5) is 8.68 Å². The summed E-state index contributed by atoms with van der Waals surface area (Å²) in [5, 5.41) is 0. The Morgan fingerprint density at radius 2 is 2.00 bits per heavy atom. The molecule has 0 bridgehead atoms. The first-order valence-electron chi connectivity index (χ1n) is 7.72. The van der Waals surface area contributed by atoms with Crippen LogP contribution in [0.15, 0.2) is 35.3 Å².